The normalized spacial score (nSPS) is 11.5. The van der Waals surface area contributed by atoms with Crippen molar-refractivity contribution in [2.45, 2.75) is 39.7 Å². The SMILES string of the molecule is CCc1cccc(OCCOC(C)(C)C)c1. The van der Waals surface area contributed by atoms with Crippen molar-refractivity contribution in [2.24, 2.45) is 0 Å². The second-order valence-electron chi connectivity index (χ2n) is 4.81. The summed E-state index contributed by atoms with van der Waals surface area (Å²) >= 11 is 0. The van der Waals surface area contributed by atoms with Gasteiger partial charge in [-0.25, -0.2) is 0 Å². The van der Waals surface area contributed by atoms with Crippen LogP contribution in [0.15, 0.2) is 24.3 Å². The van der Waals surface area contributed by atoms with Gasteiger partial charge in [0.05, 0.1) is 12.2 Å². The molecule has 0 spiro atoms. The second-order valence-corrected chi connectivity index (χ2v) is 4.81. The van der Waals surface area contributed by atoms with Crippen molar-refractivity contribution in [3.8, 4) is 5.75 Å². The van der Waals surface area contributed by atoms with Crippen LogP contribution in [0.2, 0.25) is 0 Å². The molecule has 2 heteroatoms. The highest BCUT2D eigenvalue weighted by molar-refractivity contribution is 5.28. The minimum Gasteiger partial charge on any atom is -0.491 e. The highest BCUT2D eigenvalue weighted by Crippen LogP contribution is 2.14. The number of ether oxygens (including phenoxy) is 2. The van der Waals surface area contributed by atoms with Gasteiger partial charge in [-0.05, 0) is 44.9 Å². The van der Waals surface area contributed by atoms with Crippen LogP contribution in [0, 0.1) is 0 Å². The van der Waals surface area contributed by atoms with Gasteiger partial charge in [0.15, 0.2) is 0 Å². The Bertz CT molecular complexity index is 313. The van der Waals surface area contributed by atoms with Gasteiger partial charge >= 0.3 is 0 Å². The molecule has 0 bridgehead atoms. The van der Waals surface area contributed by atoms with E-state index in [2.05, 4.69) is 19.1 Å². The molecule has 0 atom stereocenters. The van der Waals surface area contributed by atoms with Gasteiger partial charge in [-0.2, -0.15) is 0 Å². The molecule has 0 unspecified atom stereocenters. The molecule has 0 aliphatic rings. The highest BCUT2D eigenvalue weighted by Gasteiger charge is 2.09. The van der Waals surface area contributed by atoms with E-state index in [1.165, 1.54) is 5.56 Å². The topological polar surface area (TPSA) is 18.5 Å². The van der Waals surface area contributed by atoms with Gasteiger partial charge in [0, 0.05) is 0 Å². The summed E-state index contributed by atoms with van der Waals surface area (Å²) < 4.78 is 11.2. The van der Waals surface area contributed by atoms with Crippen LogP contribution in [0.3, 0.4) is 0 Å². The number of benzene rings is 1. The Balaban J connectivity index is 2.32. The summed E-state index contributed by atoms with van der Waals surface area (Å²) in [4.78, 5) is 0. The third-order valence-corrected chi connectivity index (χ3v) is 2.19. The van der Waals surface area contributed by atoms with Crippen molar-refractivity contribution in [3.63, 3.8) is 0 Å². The zero-order valence-electron chi connectivity index (χ0n) is 10.7. The van der Waals surface area contributed by atoms with Gasteiger partial charge in [-0.15, -0.1) is 0 Å². The molecule has 0 fully saturated rings. The molecule has 90 valence electrons. The summed E-state index contributed by atoms with van der Waals surface area (Å²) in [6.07, 6.45) is 1.04. The summed E-state index contributed by atoms with van der Waals surface area (Å²) in [5, 5.41) is 0. The quantitative estimate of drug-likeness (QED) is 0.710. The monoisotopic (exact) mass is 222 g/mol. The fraction of sp³-hybridized carbons (Fsp3) is 0.571. The largest absolute Gasteiger partial charge is 0.491 e. The van der Waals surface area contributed by atoms with Crippen LogP contribution in [0.5, 0.6) is 5.75 Å². The standard InChI is InChI=1S/C14H22O2/c1-5-12-7-6-8-13(11-12)15-9-10-16-14(2,3)4/h6-8,11H,5,9-10H2,1-4H3. The van der Waals surface area contributed by atoms with Crippen molar-refractivity contribution < 1.29 is 9.47 Å². The van der Waals surface area contributed by atoms with Gasteiger partial charge in [0.25, 0.3) is 0 Å². The fourth-order valence-electron chi connectivity index (χ4n) is 1.36. The van der Waals surface area contributed by atoms with Crippen LogP contribution in [-0.2, 0) is 11.2 Å². The Morgan fingerprint density at radius 2 is 1.88 bits per heavy atom. The molecule has 0 amide bonds. The zero-order chi connectivity index (χ0) is 12.0. The first-order chi connectivity index (χ1) is 7.51. The molecule has 0 saturated heterocycles. The third kappa shape index (κ3) is 5.17. The lowest BCUT2D eigenvalue weighted by atomic mass is 10.2. The maximum Gasteiger partial charge on any atom is 0.119 e. The average Bonchev–Trinajstić information content (AvgIpc) is 2.23. The van der Waals surface area contributed by atoms with E-state index < -0.39 is 0 Å². The van der Waals surface area contributed by atoms with Gasteiger partial charge in [0.1, 0.15) is 12.4 Å². The van der Waals surface area contributed by atoms with E-state index in [1.54, 1.807) is 0 Å². The number of rotatable bonds is 5. The highest BCUT2D eigenvalue weighted by atomic mass is 16.5. The molecule has 1 aromatic rings. The average molecular weight is 222 g/mol. The van der Waals surface area contributed by atoms with Gasteiger partial charge in [0.2, 0.25) is 0 Å². The maximum atomic E-state index is 5.62. The van der Waals surface area contributed by atoms with Crippen molar-refractivity contribution in [3.05, 3.63) is 29.8 Å². The van der Waals surface area contributed by atoms with Crippen LogP contribution in [0.4, 0.5) is 0 Å². The number of aryl methyl sites for hydroxylation is 1. The van der Waals surface area contributed by atoms with E-state index in [9.17, 15) is 0 Å². The lowest BCUT2D eigenvalue weighted by Gasteiger charge is -2.19. The molecular weight excluding hydrogens is 200 g/mol. The van der Waals surface area contributed by atoms with Crippen LogP contribution in [-0.4, -0.2) is 18.8 Å². The Labute approximate surface area is 98.6 Å². The molecule has 2 nitrogen and oxygen atoms in total. The molecular formula is C14H22O2. The van der Waals surface area contributed by atoms with E-state index in [-0.39, 0.29) is 5.60 Å². The minimum absolute atomic E-state index is 0.0887. The summed E-state index contributed by atoms with van der Waals surface area (Å²) in [5.41, 5.74) is 1.21. The van der Waals surface area contributed by atoms with Crippen LogP contribution in [0.25, 0.3) is 0 Å². The van der Waals surface area contributed by atoms with Gasteiger partial charge in [-0.3, -0.25) is 0 Å². The zero-order valence-corrected chi connectivity index (χ0v) is 10.7. The molecule has 0 aromatic heterocycles. The lowest BCUT2D eigenvalue weighted by Crippen LogP contribution is -2.22. The molecule has 0 aliphatic heterocycles. The Morgan fingerprint density at radius 3 is 2.50 bits per heavy atom. The first-order valence-corrected chi connectivity index (χ1v) is 5.87. The van der Waals surface area contributed by atoms with Gasteiger partial charge < -0.3 is 9.47 Å². The predicted octanol–water partition coefficient (Wildman–Crippen LogP) is 3.44. The van der Waals surface area contributed by atoms with E-state index in [1.807, 2.05) is 32.9 Å². The summed E-state index contributed by atoms with van der Waals surface area (Å²) in [6.45, 7) is 9.51. The van der Waals surface area contributed by atoms with Gasteiger partial charge in [-0.1, -0.05) is 19.1 Å². The number of hydrogen-bond donors (Lipinski definition) is 0. The molecule has 16 heavy (non-hydrogen) atoms. The summed E-state index contributed by atoms with van der Waals surface area (Å²) in [5.74, 6) is 0.928. The summed E-state index contributed by atoms with van der Waals surface area (Å²) in [7, 11) is 0. The Morgan fingerprint density at radius 1 is 1.12 bits per heavy atom. The maximum absolute atomic E-state index is 5.62. The Kier molecular flexibility index (Phi) is 4.81. The number of hydrogen-bond acceptors (Lipinski definition) is 2. The molecule has 1 rings (SSSR count). The predicted molar refractivity (Wildman–Crippen MR) is 67.0 cm³/mol. The third-order valence-electron chi connectivity index (χ3n) is 2.19. The molecule has 0 saturated carbocycles. The van der Waals surface area contributed by atoms with Crippen LogP contribution in [0.1, 0.15) is 33.3 Å². The van der Waals surface area contributed by atoms with E-state index in [4.69, 9.17) is 9.47 Å². The molecule has 0 aliphatic carbocycles. The molecule has 0 radical (unpaired) electrons. The van der Waals surface area contributed by atoms with E-state index in [0.717, 1.165) is 12.2 Å². The van der Waals surface area contributed by atoms with Crippen LogP contribution >= 0.6 is 0 Å². The second kappa shape index (κ2) is 5.90. The fourth-order valence-corrected chi connectivity index (χ4v) is 1.36. The minimum atomic E-state index is -0.0887. The first kappa shape index (κ1) is 13.0. The van der Waals surface area contributed by atoms with E-state index >= 15 is 0 Å². The Hall–Kier alpha value is -1.02. The summed E-state index contributed by atoms with van der Waals surface area (Å²) in [6, 6.07) is 8.20. The van der Waals surface area contributed by atoms with Crippen molar-refractivity contribution in [2.75, 3.05) is 13.2 Å². The molecule has 0 N–H and O–H groups in total. The lowest BCUT2D eigenvalue weighted by molar-refractivity contribution is -0.0163. The first-order valence-electron chi connectivity index (χ1n) is 5.87. The van der Waals surface area contributed by atoms with Crippen LogP contribution < -0.4 is 4.74 Å². The molecule has 1 aromatic carbocycles. The smallest absolute Gasteiger partial charge is 0.119 e. The van der Waals surface area contributed by atoms with E-state index in [0.29, 0.717) is 13.2 Å². The van der Waals surface area contributed by atoms with Crippen molar-refractivity contribution >= 4 is 0 Å². The van der Waals surface area contributed by atoms with Crippen molar-refractivity contribution in [1.82, 2.24) is 0 Å². The van der Waals surface area contributed by atoms with Crippen molar-refractivity contribution in [1.29, 1.82) is 0 Å². The molecule has 0 heterocycles.